The lowest BCUT2D eigenvalue weighted by atomic mass is 9.90. The fourth-order valence-electron chi connectivity index (χ4n) is 14.9. The number of ether oxygens (including phenoxy) is 6. The van der Waals surface area contributed by atoms with Crippen molar-refractivity contribution in [3.05, 3.63) is 343 Å². The molecule has 1 fully saturated rings. The van der Waals surface area contributed by atoms with Crippen LogP contribution in [0.5, 0.6) is 34.6 Å². The van der Waals surface area contributed by atoms with Crippen molar-refractivity contribution in [3.63, 3.8) is 0 Å². The van der Waals surface area contributed by atoms with Crippen LogP contribution < -0.4 is 33.7 Å². The molecule has 1 atom stereocenters. The van der Waals surface area contributed by atoms with Crippen LogP contribution in [-0.4, -0.2) is 116 Å². The second-order valence-corrected chi connectivity index (χ2v) is 43.5. The van der Waals surface area contributed by atoms with E-state index in [4.69, 9.17) is 40.0 Å². The number of carbonyl (C=O) groups excluding carboxylic acids is 2. The van der Waals surface area contributed by atoms with Crippen molar-refractivity contribution < 1.29 is 60.0 Å². The summed E-state index contributed by atoms with van der Waals surface area (Å²) >= 11 is 6.06. The monoisotopic (exact) mass is 2090 g/mol. The Hall–Kier alpha value is -11.5. The number of benzene rings is 10. The number of hydrogen-bond acceptors (Lipinski definition) is 11. The first kappa shape index (κ1) is 133. The second kappa shape index (κ2) is 69.8. The molecule has 0 radical (unpaired) electrons. The number of rotatable bonds is 29. The van der Waals surface area contributed by atoms with E-state index in [9.17, 15) is 31.5 Å². The van der Waals surface area contributed by atoms with Gasteiger partial charge < -0.3 is 43.5 Å². The lowest BCUT2D eigenvalue weighted by Gasteiger charge is -2.35. The lowest BCUT2D eigenvalue weighted by molar-refractivity contribution is 0.0827. The maximum atomic E-state index is 13.2. The second-order valence-electron chi connectivity index (χ2n) is 43.1. The SMILES string of the molecule is CC(C)COc1cc(C(C)C)ccc1Cl.CC(C)COc1cc(F)cc(C(C)C)c1.CC(C)COc1ccc(C(C)C)cc1.CC(C)N1CCCC(c2ccccc2)C1.CC(C)Oc1ccc(C(C)C)cn1.CC(C)c1ccc(C(=O)N(C)C)cc1.CC(C)c1cccc2nn(C)cc12.CCOc1cc(F)cc(C(C)C)c1.CCOc1ccc(F)c(C(C)C)c1.CNC(=O)c1cc(F)cc(C(C)C)c1.Cc1ccc(C(C)C)c(F)c1. The van der Waals surface area contributed by atoms with Crippen molar-refractivity contribution in [1.29, 1.82) is 0 Å². The third-order valence-electron chi connectivity index (χ3n) is 23.9. The average Bonchev–Trinajstić information content (AvgIpc) is 1.56. The van der Waals surface area contributed by atoms with E-state index in [0.29, 0.717) is 125 Å². The number of nitrogens with one attached hydrogen (secondary N) is 1. The molecule has 1 aliphatic heterocycles. The van der Waals surface area contributed by atoms with Crippen molar-refractivity contribution in [2.45, 2.75) is 319 Å². The van der Waals surface area contributed by atoms with Crippen LogP contribution >= 0.6 is 11.6 Å². The van der Waals surface area contributed by atoms with Gasteiger partial charge in [-0.1, -0.05) is 283 Å². The van der Waals surface area contributed by atoms with E-state index in [0.717, 1.165) is 68.7 Å². The number of pyridine rings is 1. The molecular formula is C130H184ClF5N6O8. The summed E-state index contributed by atoms with van der Waals surface area (Å²) in [5, 5.41) is 8.81. The molecule has 150 heavy (non-hydrogen) atoms. The van der Waals surface area contributed by atoms with E-state index < -0.39 is 0 Å². The number of aryl methyl sites for hydroxylation is 2. The van der Waals surface area contributed by atoms with Crippen molar-refractivity contribution in [2.24, 2.45) is 24.8 Å². The maximum Gasteiger partial charge on any atom is 0.253 e. The molecule has 12 aromatic rings. The average molecular weight is 2090 g/mol. The van der Waals surface area contributed by atoms with Crippen LogP contribution in [0.15, 0.2) is 231 Å². The Morgan fingerprint density at radius 1 is 0.427 bits per heavy atom. The molecule has 824 valence electrons. The molecule has 0 bridgehead atoms. The fourth-order valence-corrected chi connectivity index (χ4v) is 15.1. The number of fused-ring (bicyclic) bond motifs is 1. The zero-order valence-electron chi connectivity index (χ0n) is 97.8. The number of carbonyl (C=O) groups is 2. The first-order valence-corrected chi connectivity index (χ1v) is 54.3. The first-order chi connectivity index (χ1) is 70.6. The van der Waals surface area contributed by atoms with Crippen LogP contribution in [0, 0.1) is 53.8 Å². The summed E-state index contributed by atoms with van der Waals surface area (Å²) in [5.74, 6) is 9.56. The third-order valence-corrected chi connectivity index (χ3v) is 24.2. The highest BCUT2D eigenvalue weighted by molar-refractivity contribution is 6.32. The zero-order chi connectivity index (χ0) is 113. The standard InChI is InChI=1S/C14H21N.C13H19ClO.C13H19FO.C13H20O.C12H17NO.C11H14FNO.2C11H15FO.C11H14N2.C11H17NO.C10H13F/c1-12(2)15-10-6-9-14(11-15)13-7-4-3-5-8-13;1-9(2)8-15-13-7-11(10(3)4)5-6-12(13)14;1-9(2)8-15-13-6-11(10(3)4)5-12(14)7-13;1-10(2)9-14-13-7-5-12(6-8-13)11(3)4;1-9(2)10-5-7-11(8-6-10)12(14)13(3)4;1-7(2)8-4-9(11(14)13-3)6-10(12)5-8;1-4-13-11-6-9(8(2)3)5-10(12)7-11;1-4-13-9-5-6-11(12)10(7-9)8(2)3;1-8(2)9-5-4-6-11-10(9)7-13(3)12-11;1-8(2)10-5-6-11(12-7-10)13-9(3)4;1-7(2)9-5-4-8(3)6-10(9)11/h3-5,7-8,12,14H,6,9-11H2,1-2H3;2*5-7,9-10H,8H2,1-4H3;5-8,10-11H,9H2,1-4H3;5-9H,1-4H3;4-7H,1-3H3,(H,13,14);2*5-8H,4H2,1-3H3;4-8H,1-3H3;5-9H,1-4H3;4-7H,1-3H3. The molecule has 10 aromatic carbocycles. The highest BCUT2D eigenvalue weighted by Gasteiger charge is 2.24. The molecule has 1 N–H and O–H groups in total. The van der Waals surface area contributed by atoms with Crippen molar-refractivity contribution >= 4 is 34.3 Å². The zero-order valence-corrected chi connectivity index (χ0v) is 98.6. The molecule has 2 aromatic heterocycles. The molecule has 14 nitrogen and oxygen atoms in total. The van der Waals surface area contributed by atoms with Gasteiger partial charge in [-0.15, -0.1) is 0 Å². The van der Waals surface area contributed by atoms with Crippen LogP contribution in [0.3, 0.4) is 0 Å². The Morgan fingerprint density at radius 2 is 0.893 bits per heavy atom. The Labute approximate surface area is 906 Å². The molecule has 13 rings (SSSR count). The Balaban J connectivity index is 0.000000424. The summed E-state index contributed by atoms with van der Waals surface area (Å²) in [5.41, 5.74) is 15.5. The van der Waals surface area contributed by atoms with Gasteiger partial charge in [0.15, 0.2) is 0 Å². The molecule has 2 amide bonds. The van der Waals surface area contributed by atoms with Gasteiger partial charge in [0, 0.05) is 87.9 Å². The number of likely N-dealkylation sites (tertiary alicyclic amines) is 1. The Bertz CT molecular complexity index is 5800. The summed E-state index contributed by atoms with van der Waals surface area (Å²) in [7, 11) is 7.02. The summed E-state index contributed by atoms with van der Waals surface area (Å²) in [4.78, 5) is 31.2. The summed E-state index contributed by atoms with van der Waals surface area (Å²) < 4.78 is 100. The first-order valence-electron chi connectivity index (χ1n) is 54.0. The maximum absolute atomic E-state index is 13.2. The van der Waals surface area contributed by atoms with E-state index in [-0.39, 0.29) is 64.8 Å². The van der Waals surface area contributed by atoms with Gasteiger partial charge in [0.1, 0.15) is 57.8 Å². The number of piperidine rings is 1. The van der Waals surface area contributed by atoms with Gasteiger partial charge in [-0.3, -0.25) is 14.3 Å². The number of halogens is 6. The molecular weight excluding hydrogens is 1900 g/mol. The van der Waals surface area contributed by atoms with E-state index in [2.05, 4.69) is 236 Å². The summed E-state index contributed by atoms with van der Waals surface area (Å²) in [6, 6.07) is 68.6. The van der Waals surface area contributed by atoms with E-state index in [1.807, 2.05) is 189 Å². The van der Waals surface area contributed by atoms with Crippen molar-refractivity contribution in [1.82, 2.24) is 29.9 Å². The predicted octanol–water partition coefficient (Wildman–Crippen LogP) is 36.1. The molecule has 0 aliphatic carbocycles. The van der Waals surface area contributed by atoms with Gasteiger partial charge in [0.25, 0.3) is 11.8 Å². The van der Waals surface area contributed by atoms with Gasteiger partial charge in [0.2, 0.25) is 5.88 Å². The largest absolute Gasteiger partial charge is 0.494 e. The van der Waals surface area contributed by atoms with E-state index >= 15 is 0 Å². The summed E-state index contributed by atoms with van der Waals surface area (Å²) in [6.45, 7) is 74.6. The summed E-state index contributed by atoms with van der Waals surface area (Å²) in [6.07, 6.45) is 6.86. The molecule has 0 saturated carbocycles. The van der Waals surface area contributed by atoms with Gasteiger partial charge in [-0.25, -0.2) is 26.9 Å². The molecule has 1 aliphatic rings. The van der Waals surface area contributed by atoms with Gasteiger partial charge >= 0.3 is 0 Å². The Kier molecular flexibility index (Phi) is 61.7. The molecule has 1 saturated heterocycles. The number of nitrogens with zero attached hydrogens (tertiary/aromatic N) is 5. The third kappa shape index (κ3) is 51.5. The minimum absolute atomic E-state index is 0.0558. The van der Waals surface area contributed by atoms with Crippen molar-refractivity contribution in [2.75, 3.05) is 67.3 Å². The van der Waals surface area contributed by atoms with Crippen molar-refractivity contribution in [3.8, 4) is 34.6 Å². The Morgan fingerprint density at radius 3 is 1.35 bits per heavy atom. The van der Waals surface area contributed by atoms with Crippen LogP contribution in [-0.2, 0) is 7.05 Å². The van der Waals surface area contributed by atoms with E-state index in [1.165, 1.54) is 102 Å². The lowest BCUT2D eigenvalue weighted by Crippen LogP contribution is -2.39. The fraction of sp³-hybridized carbons (Fsp3) is 0.477. The highest BCUT2D eigenvalue weighted by atomic mass is 35.5. The highest BCUT2D eigenvalue weighted by Crippen LogP contribution is 2.34. The number of aromatic nitrogens is 3. The molecule has 20 heteroatoms. The minimum atomic E-state index is -0.366. The molecule has 1 unspecified atom stereocenters. The number of amides is 2. The van der Waals surface area contributed by atoms with Crippen LogP contribution in [0.2, 0.25) is 5.02 Å². The van der Waals surface area contributed by atoms with Gasteiger partial charge in [0.05, 0.1) is 49.7 Å². The number of hydrogen-bond donors (Lipinski definition) is 1. The minimum Gasteiger partial charge on any atom is -0.494 e. The van der Waals surface area contributed by atoms with Crippen LogP contribution in [0.1, 0.15) is 387 Å². The quantitative estimate of drug-likeness (QED) is 0.0448. The van der Waals surface area contributed by atoms with Gasteiger partial charge in [-0.05, 0) is 327 Å². The van der Waals surface area contributed by atoms with E-state index in [1.54, 1.807) is 55.4 Å². The van der Waals surface area contributed by atoms with Crippen LogP contribution in [0.4, 0.5) is 22.0 Å². The van der Waals surface area contributed by atoms with Gasteiger partial charge in [-0.2, -0.15) is 5.10 Å². The smallest absolute Gasteiger partial charge is 0.253 e. The molecule has 3 heterocycles. The molecule has 0 spiro atoms. The normalized spacial score (nSPS) is 12.1. The van der Waals surface area contributed by atoms with Crippen LogP contribution in [0.25, 0.3) is 10.9 Å². The predicted molar refractivity (Wildman–Crippen MR) is 623 cm³/mol. The topological polar surface area (TPSA) is 139 Å².